The molecule has 2 heterocycles. The van der Waals surface area contributed by atoms with Gasteiger partial charge < -0.3 is 15.2 Å². The summed E-state index contributed by atoms with van der Waals surface area (Å²) in [6, 6.07) is 5.89. The number of rotatable bonds is 2. The summed E-state index contributed by atoms with van der Waals surface area (Å²) in [7, 11) is 0. The summed E-state index contributed by atoms with van der Waals surface area (Å²) in [4.78, 5) is 4.60. The largest absolute Gasteiger partial charge is 0.486 e. The molecule has 100 valence electrons. The Morgan fingerprint density at radius 1 is 1.21 bits per heavy atom. The van der Waals surface area contributed by atoms with Crippen LogP contribution in [0.1, 0.15) is 18.9 Å². The molecular formula is C14H16N2O2S. The summed E-state index contributed by atoms with van der Waals surface area (Å²) in [5.74, 6) is 1.58. The Labute approximate surface area is 116 Å². The summed E-state index contributed by atoms with van der Waals surface area (Å²) >= 11 is 1.58. The van der Waals surface area contributed by atoms with Crippen molar-refractivity contribution in [3.8, 4) is 22.8 Å². The van der Waals surface area contributed by atoms with Gasteiger partial charge >= 0.3 is 0 Å². The van der Waals surface area contributed by atoms with Gasteiger partial charge in [-0.15, -0.1) is 11.3 Å². The highest BCUT2D eigenvalue weighted by atomic mass is 32.1. The highest BCUT2D eigenvalue weighted by molar-refractivity contribution is 7.10. The predicted molar refractivity (Wildman–Crippen MR) is 75.8 cm³/mol. The van der Waals surface area contributed by atoms with E-state index in [9.17, 15) is 0 Å². The highest BCUT2D eigenvalue weighted by Crippen LogP contribution is 2.35. The SMILES string of the molecule is CC(C)(N)c1nc(-c2ccc3c(c2)OCCO3)cs1. The third kappa shape index (κ3) is 2.43. The fourth-order valence-electron chi connectivity index (χ4n) is 1.90. The van der Waals surface area contributed by atoms with Crippen molar-refractivity contribution < 1.29 is 9.47 Å². The van der Waals surface area contributed by atoms with Crippen LogP contribution in [0.4, 0.5) is 0 Å². The first-order valence-corrected chi connectivity index (χ1v) is 7.07. The highest BCUT2D eigenvalue weighted by Gasteiger charge is 2.20. The van der Waals surface area contributed by atoms with Crippen LogP contribution in [0.25, 0.3) is 11.3 Å². The topological polar surface area (TPSA) is 57.4 Å². The maximum atomic E-state index is 6.06. The van der Waals surface area contributed by atoms with E-state index < -0.39 is 5.54 Å². The van der Waals surface area contributed by atoms with E-state index in [1.165, 1.54) is 0 Å². The minimum absolute atomic E-state index is 0.406. The number of benzene rings is 1. The second-order valence-corrected chi connectivity index (χ2v) is 5.98. The molecule has 1 aromatic heterocycles. The second-order valence-electron chi connectivity index (χ2n) is 5.12. The van der Waals surface area contributed by atoms with Gasteiger partial charge in [0.2, 0.25) is 0 Å². The Balaban J connectivity index is 1.96. The maximum Gasteiger partial charge on any atom is 0.162 e. The summed E-state index contributed by atoms with van der Waals surface area (Å²) in [5.41, 5.74) is 7.61. The number of hydrogen-bond donors (Lipinski definition) is 1. The van der Waals surface area contributed by atoms with Crippen LogP contribution in [0.5, 0.6) is 11.5 Å². The smallest absolute Gasteiger partial charge is 0.162 e. The van der Waals surface area contributed by atoms with Crippen LogP contribution in [0.15, 0.2) is 23.6 Å². The van der Waals surface area contributed by atoms with Crippen LogP contribution < -0.4 is 15.2 Å². The molecule has 0 aliphatic carbocycles. The van der Waals surface area contributed by atoms with E-state index in [0.29, 0.717) is 13.2 Å². The Morgan fingerprint density at radius 2 is 1.95 bits per heavy atom. The van der Waals surface area contributed by atoms with E-state index >= 15 is 0 Å². The Morgan fingerprint density at radius 3 is 2.63 bits per heavy atom. The van der Waals surface area contributed by atoms with Gasteiger partial charge in [0.05, 0.1) is 11.2 Å². The zero-order chi connectivity index (χ0) is 13.5. The molecule has 2 aromatic rings. The lowest BCUT2D eigenvalue weighted by atomic mass is 10.1. The quantitative estimate of drug-likeness (QED) is 0.916. The molecule has 1 aliphatic rings. The second kappa shape index (κ2) is 4.51. The first-order valence-electron chi connectivity index (χ1n) is 6.19. The first-order chi connectivity index (χ1) is 9.04. The van der Waals surface area contributed by atoms with Crippen molar-refractivity contribution >= 4 is 11.3 Å². The summed E-state index contributed by atoms with van der Waals surface area (Å²) in [6.07, 6.45) is 0. The fraction of sp³-hybridized carbons (Fsp3) is 0.357. The van der Waals surface area contributed by atoms with E-state index in [4.69, 9.17) is 15.2 Å². The average Bonchev–Trinajstić information content (AvgIpc) is 2.87. The Hall–Kier alpha value is -1.59. The van der Waals surface area contributed by atoms with Crippen LogP contribution in [-0.2, 0) is 5.54 Å². The normalized spacial score (nSPS) is 14.5. The first kappa shape index (κ1) is 12.4. The summed E-state index contributed by atoms with van der Waals surface area (Å²) in [6.45, 7) is 5.11. The number of thiazole rings is 1. The zero-order valence-electron chi connectivity index (χ0n) is 11.0. The van der Waals surface area contributed by atoms with Crippen molar-refractivity contribution in [2.75, 3.05) is 13.2 Å². The number of aromatic nitrogens is 1. The fourth-order valence-corrected chi connectivity index (χ4v) is 2.77. The van der Waals surface area contributed by atoms with E-state index in [1.54, 1.807) is 11.3 Å². The van der Waals surface area contributed by atoms with Crippen LogP contribution in [0, 0.1) is 0 Å². The Bertz CT molecular complexity index is 602. The number of hydrogen-bond acceptors (Lipinski definition) is 5. The summed E-state index contributed by atoms with van der Waals surface area (Å²) < 4.78 is 11.1. The van der Waals surface area contributed by atoms with E-state index in [-0.39, 0.29) is 0 Å². The molecule has 3 rings (SSSR count). The molecule has 0 saturated heterocycles. The van der Waals surface area contributed by atoms with E-state index in [1.807, 2.05) is 37.4 Å². The van der Waals surface area contributed by atoms with Crippen molar-refractivity contribution in [2.45, 2.75) is 19.4 Å². The molecular weight excluding hydrogens is 260 g/mol. The average molecular weight is 276 g/mol. The lowest BCUT2D eigenvalue weighted by Crippen LogP contribution is -2.28. The van der Waals surface area contributed by atoms with Crippen molar-refractivity contribution in [1.29, 1.82) is 0 Å². The van der Waals surface area contributed by atoms with E-state index in [0.717, 1.165) is 27.8 Å². The third-order valence-electron chi connectivity index (χ3n) is 2.89. The van der Waals surface area contributed by atoms with Crippen LogP contribution >= 0.6 is 11.3 Å². The zero-order valence-corrected chi connectivity index (χ0v) is 11.8. The van der Waals surface area contributed by atoms with E-state index in [2.05, 4.69) is 4.98 Å². The molecule has 4 nitrogen and oxygen atoms in total. The molecule has 0 unspecified atom stereocenters. The molecule has 2 N–H and O–H groups in total. The van der Waals surface area contributed by atoms with Crippen molar-refractivity contribution in [2.24, 2.45) is 5.73 Å². The van der Waals surface area contributed by atoms with Crippen molar-refractivity contribution in [3.05, 3.63) is 28.6 Å². The van der Waals surface area contributed by atoms with Gasteiger partial charge in [-0.05, 0) is 32.0 Å². The van der Waals surface area contributed by atoms with Crippen LogP contribution in [0.3, 0.4) is 0 Å². The van der Waals surface area contributed by atoms with Crippen LogP contribution in [0.2, 0.25) is 0 Å². The molecule has 0 atom stereocenters. The predicted octanol–water partition coefficient (Wildman–Crippen LogP) is 2.78. The monoisotopic (exact) mass is 276 g/mol. The van der Waals surface area contributed by atoms with Gasteiger partial charge in [0.15, 0.2) is 11.5 Å². The number of nitrogens with two attached hydrogens (primary N) is 1. The molecule has 0 saturated carbocycles. The molecule has 1 aliphatic heterocycles. The van der Waals surface area contributed by atoms with Gasteiger partial charge in [-0.3, -0.25) is 0 Å². The molecule has 0 spiro atoms. The standard InChI is InChI=1S/C14H16N2O2S/c1-14(2,15)13-16-10(8-19-13)9-3-4-11-12(7-9)18-6-5-17-11/h3-4,7-8H,5-6,15H2,1-2H3. The minimum atomic E-state index is -0.406. The number of nitrogens with zero attached hydrogens (tertiary/aromatic N) is 1. The van der Waals surface area contributed by atoms with Crippen LogP contribution in [-0.4, -0.2) is 18.2 Å². The van der Waals surface area contributed by atoms with Gasteiger partial charge in [0.1, 0.15) is 18.2 Å². The molecule has 0 radical (unpaired) electrons. The Kier molecular flexibility index (Phi) is 2.95. The van der Waals surface area contributed by atoms with Gasteiger partial charge in [-0.2, -0.15) is 0 Å². The van der Waals surface area contributed by atoms with Gasteiger partial charge in [0.25, 0.3) is 0 Å². The molecule has 0 fully saturated rings. The lowest BCUT2D eigenvalue weighted by molar-refractivity contribution is 0.171. The minimum Gasteiger partial charge on any atom is -0.486 e. The van der Waals surface area contributed by atoms with Gasteiger partial charge in [0, 0.05) is 10.9 Å². The lowest BCUT2D eigenvalue weighted by Gasteiger charge is -2.18. The maximum absolute atomic E-state index is 6.06. The molecule has 0 bridgehead atoms. The number of fused-ring (bicyclic) bond motifs is 1. The molecule has 0 amide bonds. The summed E-state index contributed by atoms with van der Waals surface area (Å²) in [5, 5.41) is 2.95. The number of ether oxygens (including phenoxy) is 2. The molecule has 19 heavy (non-hydrogen) atoms. The molecule has 1 aromatic carbocycles. The van der Waals surface area contributed by atoms with Crippen molar-refractivity contribution in [3.63, 3.8) is 0 Å². The van der Waals surface area contributed by atoms with Crippen molar-refractivity contribution in [1.82, 2.24) is 4.98 Å². The third-order valence-corrected chi connectivity index (χ3v) is 4.08. The van der Waals surface area contributed by atoms with Gasteiger partial charge in [-0.1, -0.05) is 0 Å². The molecule has 5 heteroatoms. The van der Waals surface area contributed by atoms with Gasteiger partial charge in [-0.25, -0.2) is 4.98 Å².